The van der Waals surface area contributed by atoms with Gasteiger partial charge in [0.2, 0.25) is 0 Å². The molecule has 0 saturated carbocycles. The summed E-state index contributed by atoms with van der Waals surface area (Å²) in [7, 11) is 3.19. The molecule has 6 nitrogen and oxygen atoms in total. The van der Waals surface area contributed by atoms with Gasteiger partial charge in [-0.25, -0.2) is 4.79 Å². The lowest BCUT2D eigenvalue weighted by Gasteiger charge is -2.26. The Bertz CT molecular complexity index is 560. The van der Waals surface area contributed by atoms with Gasteiger partial charge in [0.05, 0.1) is 0 Å². The lowest BCUT2D eigenvalue weighted by molar-refractivity contribution is 0.300. The van der Waals surface area contributed by atoms with Crippen molar-refractivity contribution in [3.05, 3.63) is 32.6 Å². The Labute approximate surface area is 122 Å². The third-order valence-electron chi connectivity index (χ3n) is 3.64. The average molecular weight is 298 g/mol. The normalized spacial score (nSPS) is 16.5. The van der Waals surface area contributed by atoms with Crippen molar-refractivity contribution in [1.82, 2.24) is 19.4 Å². The maximum absolute atomic E-state index is 11.8. The molecule has 112 valence electrons. The fraction of sp³-hybridized carbons (Fsp3) is 0.692. The van der Waals surface area contributed by atoms with Crippen molar-refractivity contribution in [3.63, 3.8) is 0 Å². The van der Waals surface area contributed by atoms with E-state index in [1.54, 1.807) is 7.05 Å². The molecular formula is C13H22N4O2S. The molecule has 1 aromatic heterocycles. The highest BCUT2D eigenvalue weighted by Crippen LogP contribution is 2.07. The van der Waals surface area contributed by atoms with Gasteiger partial charge in [0, 0.05) is 70.1 Å². The molecule has 1 N–H and O–H groups in total. The first kappa shape index (κ1) is 15.3. The predicted molar refractivity (Wildman–Crippen MR) is 82.4 cm³/mol. The van der Waals surface area contributed by atoms with Crippen LogP contribution in [0.15, 0.2) is 15.7 Å². The molecule has 20 heavy (non-hydrogen) atoms. The van der Waals surface area contributed by atoms with E-state index in [1.807, 2.05) is 11.8 Å². The van der Waals surface area contributed by atoms with Crippen LogP contribution >= 0.6 is 11.8 Å². The minimum absolute atomic E-state index is 0.252. The number of rotatable bonds is 5. The number of hydrogen-bond donors (Lipinski definition) is 1. The second kappa shape index (κ2) is 7.10. The highest BCUT2D eigenvalue weighted by atomic mass is 32.2. The van der Waals surface area contributed by atoms with E-state index in [1.165, 1.54) is 29.2 Å². The van der Waals surface area contributed by atoms with Gasteiger partial charge in [0.15, 0.2) is 0 Å². The topological polar surface area (TPSA) is 59.3 Å². The van der Waals surface area contributed by atoms with Crippen LogP contribution in [0.4, 0.5) is 0 Å². The molecule has 1 saturated heterocycles. The third kappa shape index (κ3) is 3.74. The van der Waals surface area contributed by atoms with E-state index in [2.05, 4.69) is 10.2 Å². The molecule has 0 amide bonds. The fourth-order valence-corrected chi connectivity index (χ4v) is 3.21. The zero-order valence-electron chi connectivity index (χ0n) is 12.1. The summed E-state index contributed by atoms with van der Waals surface area (Å²) in [6.45, 7) is 4.73. The largest absolute Gasteiger partial charge is 0.330 e. The molecule has 0 aromatic carbocycles. The number of aromatic nitrogens is 2. The van der Waals surface area contributed by atoms with Gasteiger partial charge in [-0.15, -0.1) is 0 Å². The quantitative estimate of drug-likeness (QED) is 0.723. The van der Waals surface area contributed by atoms with Crippen LogP contribution in [0.25, 0.3) is 0 Å². The van der Waals surface area contributed by atoms with Crippen molar-refractivity contribution in [3.8, 4) is 0 Å². The Morgan fingerprint density at radius 2 is 1.90 bits per heavy atom. The standard InChI is InChI=1S/C13H22N4O2S/c1-15-11(9-12(18)16(2)13(15)19)10-14-3-4-17-5-7-20-8-6-17/h9,14H,3-8,10H2,1-2H3. The number of thioether (sulfide) groups is 1. The lowest BCUT2D eigenvalue weighted by Crippen LogP contribution is -2.40. The van der Waals surface area contributed by atoms with Gasteiger partial charge in [-0.2, -0.15) is 11.8 Å². The van der Waals surface area contributed by atoms with E-state index in [0.717, 1.165) is 36.4 Å². The molecular weight excluding hydrogens is 276 g/mol. The summed E-state index contributed by atoms with van der Waals surface area (Å²) in [5.41, 5.74) is 0.201. The average Bonchev–Trinajstić information content (AvgIpc) is 2.47. The van der Waals surface area contributed by atoms with E-state index in [4.69, 9.17) is 0 Å². The first-order chi connectivity index (χ1) is 9.59. The van der Waals surface area contributed by atoms with Gasteiger partial charge in [0.1, 0.15) is 0 Å². The van der Waals surface area contributed by atoms with Crippen molar-refractivity contribution in [2.45, 2.75) is 6.54 Å². The minimum Gasteiger partial charge on any atom is -0.310 e. The summed E-state index contributed by atoms with van der Waals surface area (Å²) in [6.07, 6.45) is 0. The zero-order chi connectivity index (χ0) is 14.5. The number of nitrogens with one attached hydrogen (secondary N) is 1. The van der Waals surface area contributed by atoms with Crippen LogP contribution in [0.1, 0.15) is 5.69 Å². The van der Waals surface area contributed by atoms with E-state index in [-0.39, 0.29) is 11.2 Å². The molecule has 2 heterocycles. The molecule has 0 aliphatic carbocycles. The van der Waals surface area contributed by atoms with Crippen LogP contribution in [0, 0.1) is 0 Å². The molecule has 0 bridgehead atoms. The molecule has 2 rings (SSSR count). The van der Waals surface area contributed by atoms with Gasteiger partial charge >= 0.3 is 5.69 Å². The summed E-state index contributed by atoms with van der Waals surface area (Å²) < 4.78 is 2.64. The van der Waals surface area contributed by atoms with Gasteiger partial charge in [-0.3, -0.25) is 13.9 Å². The Morgan fingerprint density at radius 1 is 1.20 bits per heavy atom. The monoisotopic (exact) mass is 298 g/mol. The molecule has 0 atom stereocenters. The van der Waals surface area contributed by atoms with Crippen LogP contribution in [0.2, 0.25) is 0 Å². The summed E-state index contributed by atoms with van der Waals surface area (Å²) in [6, 6.07) is 1.52. The van der Waals surface area contributed by atoms with Gasteiger partial charge < -0.3 is 10.2 Å². The second-order valence-corrected chi connectivity index (χ2v) is 6.23. The summed E-state index contributed by atoms with van der Waals surface area (Å²) in [5.74, 6) is 2.42. The highest BCUT2D eigenvalue weighted by molar-refractivity contribution is 7.99. The van der Waals surface area contributed by atoms with Gasteiger partial charge in [-0.05, 0) is 0 Å². The Hall–Kier alpha value is -1.05. The lowest BCUT2D eigenvalue weighted by atomic mass is 10.3. The van der Waals surface area contributed by atoms with Crippen LogP contribution in [0.5, 0.6) is 0 Å². The first-order valence-corrected chi connectivity index (χ1v) is 8.02. The predicted octanol–water partition coefficient (Wildman–Crippen LogP) is -0.778. The smallest absolute Gasteiger partial charge is 0.310 e. The van der Waals surface area contributed by atoms with Crippen molar-refractivity contribution in [2.24, 2.45) is 14.1 Å². The van der Waals surface area contributed by atoms with Crippen LogP contribution < -0.4 is 16.6 Å². The van der Waals surface area contributed by atoms with Crippen LogP contribution in [0.3, 0.4) is 0 Å². The number of hydrogen-bond acceptors (Lipinski definition) is 5. The summed E-state index contributed by atoms with van der Waals surface area (Å²) in [5, 5.41) is 3.31. The second-order valence-electron chi connectivity index (χ2n) is 5.01. The maximum atomic E-state index is 11.8. The van der Waals surface area contributed by atoms with Crippen molar-refractivity contribution in [2.75, 3.05) is 37.7 Å². The summed E-state index contributed by atoms with van der Waals surface area (Å²) in [4.78, 5) is 25.8. The van der Waals surface area contributed by atoms with E-state index in [0.29, 0.717) is 6.54 Å². The molecule has 7 heteroatoms. The van der Waals surface area contributed by atoms with Crippen LogP contribution in [-0.4, -0.2) is 51.7 Å². The van der Waals surface area contributed by atoms with Gasteiger partial charge in [0.25, 0.3) is 5.56 Å². The van der Waals surface area contributed by atoms with E-state index >= 15 is 0 Å². The SMILES string of the molecule is Cn1c(CNCCN2CCSCC2)cc(=O)n(C)c1=O. The van der Waals surface area contributed by atoms with Crippen LogP contribution in [-0.2, 0) is 20.6 Å². The molecule has 1 aromatic rings. The Morgan fingerprint density at radius 3 is 2.60 bits per heavy atom. The molecule has 1 aliphatic heterocycles. The molecule has 0 unspecified atom stereocenters. The fourth-order valence-electron chi connectivity index (χ4n) is 2.23. The van der Waals surface area contributed by atoms with E-state index < -0.39 is 0 Å². The molecule has 0 spiro atoms. The molecule has 0 radical (unpaired) electrons. The maximum Gasteiger partial charge on any atom is 0.330 e. The highest BCUT2D eigenvalue weighted by Gasteiger charge is 2.09. The number of nitrogens with zero attached hydrogens (tertiary/aromatic N) is 3. The Kier molecular flexibility index (Phi) is 5.45. The summed E-state index contributed by atoms with van der Waals surface area (Å²) >= 11 is 2.00. The van der Waals surface area contributed by atoms with Crippen molar-refractivity contribution >= 4 is 11.8 Å². The zero-order valence-corrected chi connectivity index (χ0v) is 12.9. The first-order valence-electron chi connectivity index (χ1n) is 6.86. The Balaban J connectivity index is 1.85. The molecule has 1 fully saturated rings. The molecule has 1 aliphatic rings. The van der Waals surface area contributed by atoms with Crippen molar-refractivity contribution < 1.29 is 0 Å². The van der Waals surface area contributed by atoms with Crippen molar-refractivity contribution in [1.29, 1.82) is 0 Å². The van der Waals surface area contributed by atoms with Gasteiger partial charge in [-0.1, -0.05) is 0 Å². The minimum atomic E-state index is -0.276. The van der Waals surface area contributed by atoms with E-state index in [9.17, 15) is 9.59 Å². The third-order valence-corrected chi connectivity index (χ3v) is 4.58.